The molecule has 0 N–H and O–H groups in total. The van der Waals surface area contributed by atoms with Gasteiger partial charge in [-0.25, -0.2) is 9.37 Å². The van der Waals surface area contributed by atoms with Gasteiger partial charge in [0.1, 0.15) is 29.4 Å². The highest BCUT2D eigenvalue weighted by Crippen LogP contribution is 2.19. The Bertz CT molecular complexity index is 730. The smallest absolute Gasteiger partial charge is 0.226 e. The van der Waals surface area contributed by atoms with Gasteiger partial charge in [0.25, 0.3) is 0 Å². The second kappa shape index (κ2) is 7.03. The highest BCUT2D eigenvalue weighted by atomic mass is 19.1. The van der Waals surface area contributed by atoms with Gasteiger partial charge in [-0.3, -0.25) is 0 Å². The maximum absolute atomic E-state index is 12.9. The summed E-state index contributed by atoms with van der Waals surface area (Å²) in [6.07, 6.45) is 1.42. The van der Waals surface area contributed by atoms with Gasteiger partial charge in [0.15, 0.2) is 12.3 Å². The number of oxazole rings is 1. The van der Waals surface area contributed by atoms with E-state index in [2.05, 4.69) is 10.1 Å². The quantitative estimate of drug-likeness (QED) is 0.603. The van der Waals surface area contributed by atoms with Crippen LogP contribution in [0.4, 0.5) is 4.39 Å². The Balaban J connectivity index is 2.03. The molecule has 0 unspecified atom stereocenters. The molecule has 1 aromatic carbocycles. The number of methoxy groups -OCH3 is 1. The average molecular weight is 317 g/mol. The van der Waals surface area contributed by atoms with E-state index in [1.54, 1.807) is 26.0 Å². The van der Waals surface area contributed by atoms with E-state index in [1.165, 1.54) is 25.5 Å². The number of nitriles is 1. The number of halogens is 1. The summed E-state index contributed by atoms with van der Waals surface area (Å²) in [6, 6.07) is 7.72. The van der Waals surface area contributed by atoms with Crippen LogP contribution in [0, 0.1) is 17.1 Å². The summed E-state index contributed by atoms with van der Waals surface area (Å²) in [5, 5.41) is 12.8. The van der Waals surface area contributed by atoms with Crippen molar-refractivity contribution in [3.63, 3.8) is 0 Å². The Morgan fingerprint density at radius 1 is 1.39 bits per heavy atom. The highest BCUT2D eigenvalue weighted by Gasteiger charge is 2.25. The second-order valence-electron chi connectivity index (χ2n) is 5.19. The molecule has 0 atom stereocenters. The summed E-state index contributed by atoms with van der Waals surface area (Å²) >= 11 is 0. The molecule has 6 nitrogen and oxygen atoms in total. The van der Waals surface area contributed by atoms with Crippen molar-refractivity contribution < 1.29 is 18.4 Å². The van der Waals surface area contributed by atoms with Gasteiger partial charge in [-0.1, -0.05) is 5.16 Å². The van der Waals surface area contributed by atoms with E-state index in [4.69, 9.17) is 19.3 Å². The largest absolute Gasteiger partial charge is 0.444 e. The topological polar surface area (TPSA) is 80.6 Å². The van der Waals surface area contributed by atoms with E-state index < -0.39 is 5.60 Å². The van der Waals surface area contributed by atoms with Crippen molar-refractivity contribution in [2.45, 2.75) is 26.1 Å². The van der Waals surface area contributed by atoms with Crippen LogP contribution >= 0.6 is 0 Å². The number of hydrogen-bond donors (Lipinski definition) is 0. The van der Waals surface area contributed by atoms with E-state index in [1.807, 2.05) is 6.07 Å². The molecule has 2 aromatic rings. The molecule has 1 aromatic heterocycles. The third-order valence-electron chi connectivity index (χ3n) is 3.20. The van der Waals surface area contributed by atoms with Crippen molar-refractivity contribution in [3.8, 4) is 17.5 Å². The van der Waals surface area contributed by atoms with Crippen LogP contribution in [-0.4, -0.2) is 23.4 Å². The zero-order valence-corrected chi connectivity index (χ0v) is 13.0. The van der Waals surface area contributed by atoms with Gasteiger partial charge in [0.05, 0.1) is 0 Å². The first-order chi connectivity index (χ1) is 11.0. The fourth-order valence-electron chi connectivity index (χ4n) is 1.62. The number of nitrogens with zero attached hydrogens (tertiary/aromatic N) is 3. The van der Waals surface area contributed by atoms with E-state index in [9.17, 15) is 4.39 Å². The summed E-state index contributed by atoms with van der Waals surface area (Å²) in [6.45, 7) is 3.46. The fraction of sp³-hybridized carbons (Fsp3) is 0.312. The van der Waals surface area contributed by atoms with Crippen molar-refractivity contribution in [2.75, 3.05) is 7.11 Å². The Labute approximate surface area is 133 Å². The summed E-state index contributed by atoms with van der Waals surface area (Å²) < 4.78 is 23.4. The minimum Gasteiger partial charge on any atom is -0.444 e. The zero-order chi connectivity index (χ0) is 16.9. The number of ether oxygens (including phenoxy) is 1. The van der Waals surface area contributed by atoms with Gasteiger partial charge < -0.3 is 14.0 Å². The minimum absolute atomic E-state index is 0.0374. The molecule has 2 rings (SSSR count). The molecule has 7 heteroatoms. The molecule has 1 heterocycles. The Morgan fingerprint density at radius 3 is 2.70 bits per heavy atom. The van der Waals surface area contributed by atoms with Crippen LogP contribution in [-0.2, 0) is 16.2 Å². The van der Waals surface area contributed by atoms with Crippen molar-refractivity contribution in [1.82, 2.24) is 4.98 Å². The molecule has 0 saturated carbocycles. The maximum atomic E-state index is 12.9. The van der Waals surface area contributed by atoms with Crippen LogP contribution in [0.15, 0.2) is 40.1 Å². The summed E-state index contributed by atoms with van der Waals surface area (Å²) in [4.78, 5) is 9.35. The van der Waals surface area contributed by atoms with Crippen LogP contribution in [0.2, 0.25) is 0 Å². The first-order valence-electron chi connectivity index (χ1n) is 6.82. The number of rotatable bonds is 6. The molecule has 0 amide bonds. The Kier molecular flexibility index (Phi) is 5.09. The molecule has 0 bridgehead atoms. The van der Waals surface area contributed by atoms with Gasteiger partial charge in [0, 0.05) is 12.7 Å². The molecule has 120 valence electrons. The van der Waals surface area contributed by atoms with Crippen LogP contribution < -0.4 is 0 Å². The molecule has 0 saturated heterocycles. The first-order valence-corrected chi connectivity index (χ1v) is 6.82. The predicted octanol–water partition coefficient (Wildman–Crippen LogP) is 3.30. The van der Waals surface area contributed by atoms with Crippen LogP contribution in [0.25, 0.3) is 11.5 Å². The molecule has 0 aliphatic heterocycles. The van der Waals surface area contributed by atoms with E-state index >= 15 is 0 Å². The zero-order valence-electron chi connectivity index (χ0n) is 13.0. The molecular formula is C16H16FN3O3. The van der Waals surface area contributed by atoms with Gasteiger partial charge in [0.2, 0.25) is 5.89 Å². The van der Waals surface area contributed by atoms with Crippen molar-refractivity contribution in [1.29, 1.82) is 5.26 Å². The summed E-state index contributed by atoms with van der Waals surface area (Å²) in [7, 11) is 1.49. The van der Waals surface area contributed by atoms with Crippen LogP contribution in [0.3, 0.4) is 0 Å². The first kappa shape index (κ1) is 16.6. The molecular weight excluding hydrogens is 301 g/mol. The normalized spacial score (nSPS) is 12.0. The fourth-order valence-corrected chi connectivity index (χ4v) is 1.62. The van der Waals surface area contributed by atoms with E-state index in [-0.39, 0.29) is 18.1 Å². The van der Waals surface area contributed by atoms with Gasteiger partial charge >= 0.3 is 0 Å². The molecule has 0 fully saturated rings. The Hall–Kier alpha value is -2.72. The van der Waals surface area contributed by atoms with Crippen molar-refractivity contribution >= 4 is 5.71 Å². The van der Waals surface area contributed by atoms with Crippen molar-refractivity contribution in [3.05, 3.63) is 42.0 Å². The maximum Gasteiger partial charge on any atom is 0.226 e. The average Bonchev–Trinajstić information content (AvgIpc) is 3.01. The SMILES string of the molecule is COC(C)(C)C(C#N)=NOCc1coc(-c2ccc(F)cc2)n1. The lowest BCUT2D eigenvalue weighted by Crippen LogP contribution is -2.33. The summed E-state index contributed by atoms with van der Waals surface area (Å²) in [5.74, 6) is 0.0216. The van der Waals surface area contributed by atoms with Crippen LogP contribution in [0.5, 0.6) is 0 Å². The van der Waals surface area contributed by atoms with Crippen LogP contribution in [0.1, 0.15) is 19.5 Å². The standard InChI is InChI=1S/C16H16FN3O3/c1-16(2,21-3)14(8-18)20-23-10-13-9-22-15(19-13)11-4-6-12(17)7-5-11/h4-7,9H,10H2,1-3H3. The minimum atomic E-state index is -0.835. The second-order valence-corrected chi connectivity index (χ2v) is 5.19. The summed E-state index contributed by atoms with van der Waals surface area (Å²) in [5.41, 5.74) is 0.430. The molecule has 0 spiro atoms. The Morgan fingerprint density at radius 2 is 2.09 bits per heavy atom. The third-order valence-corrected chi connectivity index (χ3v) is 3.20. The number of benzene rings is 1. The monoisotopic (exact) mass is 317 g/mol. The molecule has 0 radical (unpaired) electrons. The number of hydrogen-bond acceptors (Lipinski definition) is 6. The lowest BCUT2D eigenvalue weighted by molar-refractivity contribution is 0.0720. The lowest BCUT2D eigenvalue weighted by atomic mass is 10.0. The van der Waals surface area contributed by atoms with Gasteiger partial charge in [-0.2, -0.15) is 5.26 Å². The lowest BCUT2D eigenvalue weighted by Gasteiger charge is -2.19. The molecule has 0 aliphatic carbocycles. The van der Waals surface area contributed by atoms with Gasteiger partial charge in [-0.15, -0.1) is 0 Å². The van der Waals surface area contributed by atoms with Gasteiger partial charge in [-0.05, 0) is 38.1 Å². The van der Waals surface area contributed by atoms with E-state index in [0.29, 0.717) is 17.1 Å². The van der Waals surface area contributed by atoms with Crippen molar-refractivity contribution in [2.24, 2.45) is 5.16 Å². The highest BCUT2D eigenvalue weighted by molar-refractivity contribution is 6.04. The predicted molar refractivity (Wildman–Crippen MR) is 80.8 cm³/mol. The molecule has 0 aliphatic rings. The number of oxime groups is 1. The number of aromatic nitrogens is 1. The molecule has 23 heavy (non-hydrogen) atoms. The third kappa shape index (κ3) is 4.14. The van der Waals surface area contributed by atoms with E-state index in [0.717, 1.165) is 0 Å².